The number of nitrogens with one attached hydrogen (secondary N) is 1. The van der Waals surface area contributed by atoms with Gasteiger partial charge in [0.05, 0.1) is 4.90 Å². The van der Waals surface area contributed by atoms with E-state index in [1.165, 1.54) is 12.1 Å². The summed E-state index contributed by atoms with van der Waals surface area (Å²) in [5, 5.41) is 0.495. The van der Waals surface area contributed by atoms with Crippen molar-refractivity contribution in [2.75, 3.05) is 26.4 Å². The van der Waals surface area contributed by atoms with Crippen LogP contribution in [0.1, 0.15) is 27.2 Å². The Bertz CT molecular complexity index is 565. The molecule has 0 aliphatic heterocycles. The molecule has 6 nitrogen and oxygen atoms in total. The molecule has 0 spiro atoms. The van der Waals surface area contributed by atoms with Crippen molar-refractivity contribution in [1.82, 2.24) is 4.72 Å². The molecule has 0 fully saturated rings. The van der Waals surface area contributed by atoms with Gasteiger partial charge < -0.3 is 13.3 Å². The second kappa shape index (κ2) is 10.5. The highest BCUT2D eigenvalue weighted by Gasteiger charge is 2.39. The lowest BCUT2D eigenvalue weighted by Crippen LogP contribution is -2.46. The summed E-state index contributed by atoms with van der Waals surface area (Å²) in [5.74, 6) is 0. The Labute approximate surface area is 150 Å². The number of sulfonamides is 1. The Kier molecular flexibility index (Phi) is 9.43. The minimum absolute atomic E-state index is 0.190. The molecule has 0 saturated heterocycles. The van der Waals surface area contributed by atoms with Crippen molar-refractivity contribution in [3.05, 3.63) is 29.3 Å². The highest BCUT2D eigenvalue weighted by atomic mass is 35.5. The predicted molar refractivity (Wildman–Crippen MR) is 96.7 cm³/mol. The molecule has 9 heteroatoms. The third-order valence-electron chi connectivity index (χ3n) is 3.17. The quantitative estimate of drug-likeness (QED) is 0.435. The molecule has 1 N–H and O–H groups in total. The van der Waals surface area contributed by atoms with Crippen LogP contribution < -0.4 is 4.72 Å². The maximum absolute atomic E-state index is 12.2. The van der Waals surface area contributed by atoms with Gasteiger partial charge in [0.25, 0.3) is 0 Å². The zero-order chi connectivity index (χ0) is 18.1. The van der Waals surface area contributed by atoms with Crippen LogP contribution in [0, 0.1) is 0 Å². The predicted octanol–water partition coefficient (Wildman–Crippen LogP) is 3.06. The standard InChI is InChI=1S/C15H26ClNO5SSi/c1-4-20-24(21-5-2,22-6-3)13-7-12-17-23(18,19)15-10-8-14(16)9-11-15/h8-11,17H,4-7,12-13H2,1-3H3. The van der Waals surface area contributed by atoms with Crippen molar-refractivity contribution in [3.8, 4) is 0 Å². The van der Waals surface area contributed by atoms with Gasteiger partial charge in [0.1, 0.15) is 0 Å². The third-order valence-corrected chi connectivity index (χ3v) is 8.05. The summed E-state index contributed by atoms with van der Waals surface area (Å²) in [5.41, 5.74) is 0. The summed E-state index contributed by atoms with van der Waals surface area (Å²) in [6.07, 6.45) is 0.568. The fourth-order valence-corrected chi connectivity index (χ4v) is 6.02. The van der Waals surface area contributed by atoms with Gasteiger partial charge in [-0.15, -0.1) is 0 Å². The molecule has 138 valence electrons. The van der Waals surface area contributed by atoms with Crippen LogP contribution in [0.2, 0.25) is 11.1 Å². The highest BCUT2D eigenvalue weighted by molar-refractivity contribution is 7.89. The fourth-order valence-electron chi connectivity index (χ4n) is 2.21. The van der Waals surface area contributed by atoms with E-state index in [4.69, 9.17) is 24.9 Å². The van der Waals surface area contributed by atoms with Crippen LogP contribution in [-0.2, 0) is 23.3 Å². The van der Waals surface area contributed by atoms with Crippen LogP contribution in [0.4, 0.5) is 0 Å². The molecule has 0 aliphatic carbocycles. The van der Waals surface area contributed by atoms with Crippen molar-refractivity contribution in [1.29, 1.82) is 0 Å². The van der Waals surface area contributed by atoms with E-state index < -0.39 is 18.8 Å². The van der Waals surface area contributed by atoms with Crippen LogP contribution in [0.5, 0.6) is 0 Å². The summed E-state index contributed by atoms with van der Waals surface area (Å²) in [6.45, 7) is 7.47. The second-order valence-corrected chi connectivity index (χ2v) is 9.87. The van der Waals surface area contributed by atoms with Gasteiger partial charge in [-0.2, -0.15) is 0 Å². The molecular weight excluding hydrogens is 370 g/mol. The van der Waals surface area contributed by atoms with Crippen LogP contribution >= 0.6 is 11.6 Å². The summed E-state index contributed by atoms with van der Waals surface area (Å²) in [4.78, 5) is 0.190. The van der Waals surface area contributed by atoms with Gasteiger partial charge in [0.2, 0.25) is 10.0 Å². The minimum atomic E-state index is -3.55. The van der Waals surface area contributed by atoms with Crippen molar-refractivity contribution in [2.24, 2.45) is 0 Å². The number of rotatable bonds is 12. The van der Waals surface area contributed by atoms with E-state index >= 15 is 0 Å². The number of benzene rings is 1. The molecule has 0 atom stereocenters. The maximum Gasteiger partial charge on any atom is 0.500 e. The molecule has 0 heterocycles. The number of hydrogen-bond acceptors (Lipinski definition) is 5. The van der Waals surface area contributed by atoms with Gasteiger partial charge in [0.15, 0.2) is 0 Å². The summed E-state index contributed by atoms with van der Waals surface area (Å²) in [7, 11) is -6.28. The van der Waals surface area contributed by atoms with Crippen LogP contribution in [0.25, 0.3) is 0 Å². The topological polar surface area (TPSA) is 73.9 Å². The van der Waals surface area contributed by atoms with Crippen molar-refractivity contribution < 1.29 is 21.7 Å². The van der Waals surface area contributed by atoms with Crippen molar-refractivity contribution in [2.45, 2.75) is 38.1 Å². The molecule has 0 bridgehead atoms. The largest absolute Gasteiger partial charge is 0.500 e. The normalized spacial score (nSPS) is 12.5. The lowest BCUT2D eigenvalue weighted by atomic mass is 10.4. The zero-order valence-corrected chi connectivity index (χ0v) is 17.0. The van der Waals surface area contributed by atoms with E-state index in [2.05, 4.69) is 4.72 Å². The van der Waals surface area contributed by atoms with E-state index in [1.807, 2.05) is 20.8 Å². The van der Waals surface area contributed by atoms with E-state index in [0.29, 0.717) is 37.3 Å². The van der Waals surface area contributed by atoms with Crippen LogP contribution in [-0.4, -0.2) is 43.6 Å². The first-order valence-electron chi connectivity index (χ1n) is 8.06. The Balaban J connectivity index is 2.59. The molecule has 1 aromatic rings. The molecule has 1 aromatic carbocycles. The van der Waals surface area contributed by atoms with Crippen molar-refractivity contribution in [3.63, 3.8) is 0 Å². The number of halogens is 1. The van der Waals surface area contributed by atoms with E-state index in [0.717, 1.165) is 0 Å². The molecule has 0 aromatic heterocycles. The summed E-state index contributed by atoms with van der Waals surface area (Å²) in [6, 6.07) is 6.61. The second-order valence-electron chi connectivity index (χ2n) is 4.94. The van der Waals surface area contributed by atoms with E-state index in [9.17, 15) is 8.42 Å². The Morgan fingerprint density at radius 3 is 1.96 bits per heavy atom. The Hall–Kier alpha value is -0.483. The van der Waals surface area contributed by atoms with Gasteiger partial charge in [0, 0.05) is 37.4 Å². The average Bonchev–Trinajstić information content (AvgIpc) is 2.53. The Morgan fingerprint density at radius 1 is 1.00 bits per heavy atom. The Morgan fingerprint density at radius 2 is 1.50 bits per heavy atom. The summed E-state index contributed by atoms with van der Waals surface area (Å²) < 4.78 is 44.2. The molecule has 0 unspecified atom stereocenters. The zero-order valence-electron chi connectivity index (χ0n) is 14.4. The first-order valence-corrected chi connectivity index (χ1v) is 11.9. The van der Waals surface area contributed by atoms with Crippen LogP contribution in [0.15, 0.2) is 29.2 Å². The molecule has 0 radical (unpaired) electrons. The molecule has 0 aliphatic rings. The van der Waals surface area contributed by atoms with Crippen LogP contribution in [0.3, 0.4) is 0 Å². The lowest BCUT2D eigenvalue weighted by molar-refractivity contribution is 0.0709. The molecule has 0 saturated carbocycles. The van der Waals surface area contributed by atoms with Gasteiger partial charge in [-0.25, -0.2) is 13.1 Å². The average molecular weight is 396 g/mol. The summed E-state index contributed by atoms with van der Waals surface area (Å²) >= 11 is 5.78. The molecule has 1 rings (SSSR count). The number of hydrogen-bond donors (Lipinski definition) is 1. The molecule has 0 amide bonds. The van der Waals surface area contributed by atoms with Gasteiger partial charge in [-0.1, -0.05) is 11.6 Å². The van der Waals surface area contributed by atoms with E-state index in [-0.39, 0.29) is 11.4 Å². The minimum Gasteiger partial charge on any atom is -0.374 e. The highest BCUT2D eigenvalue weighted by Crippen LogP contribution is 2.18. The SMILES string of the molecule is CCO[Si](CCCNS(=O)(=O)c1ccc(Cl)cc1)(OCC)OCC. The first-order chi connectivity index (χ1) is 11.4. The van der Waals surface area contributed by atoms with E-state index in [1.54, 1.807) is 12.1 Å². The molecule has 24 heavy (non-hydrogen) atoms. The smallest absolute Gasteiger partial charge is 0.374 e. The molecular formula is C15H26ClNO5SSi. The maximum atomic E-state index is 12.2. The lowest BCUT2D eigenvalue weighted by Gasteiger charge is -2.28. The first kappa shape index (κ1) is 21.6. The fraction of sp³-hybridized carbons (Fsp3) is 0.600. The van der Waals surface area contributed by atoms with Gasteiger partial charge in [-0.3, -0.25) is 0 Å². The van der Waals surface area contributed by atoms with Gasteiger partial charge >= 0.3 is 8.80 Å². The van der Waals surface area contributed by atoms with Gasteiger partial charge in [-0.05, 0) is 51.5 Å². The monoisotopic (exact) mass is 395 g/mol. The third kappa shape index (κ3) is 6.79. The van der Waals surface area contributed by atoms with Crippen molar-refractivity contribution >= 4 is 30.4 Å².